The largest absolute Gasteiger partial charge is 0.465 e. The van der Waals surface area contributed by atoms with E-state index in [0.717, 1.165) is 50.9 Å². The van der Waals surface area contributed by atoms with Crippen LogP contribution in [0, 0.1) is 6.92 Å². The van der Waals surface area contributed by atoms with Crippen LogP contribution >= 0.6 is 0 Å². The van der Waals surface area contributed by atoms with Crippen molar-refractivity contribution in [3.05, 3.63) is 53.5 Å². The summed E-state index contributed by atoms with van der Waals surface area (Å²) in [5, 5.41) is 0. The smallest absolute Gasteiger partial charge is 0.118 e. The number of rotatable bonds is 9. The first-order valence-electron chi connectivity index (χ1n) is 10.3. The molecule has 0 atom stereocenters. The molecule has 1 aliphatic rings. The molecule has 5 heteroatoms. The summed E-state index contributed by atoms with van der Waals surface area (Å²) in [7, 11) is 5.94. The van der Waals surface area contributed by atoms with Gasteiger partial charge in [0.1, 0.15) is 11.5 Å². The molecule has 0 aliphatic carbocycles. The molecule has 0 radical (unpaired) electrons. The molecule has 1 fully saturated rings. The molecule has 3 rings (SSSR count). The summed E-state index contributed by atoms with van der Waals surface area (Å²) >= 11 is 0. The number of furan rings is 1. The van der Waals surface area contributed by atoms with Gasteiger partial charge in [-0.2, -0.15) is 0 Å². The first kappa shape index (κ1) is 20.9. The van der Waals surface area contributed by atoms with Crippen molar-refractivity contribution in [3.63, 3.8) is 0 Å². The summed E-state index contributed by atoms with van der Waals surface area (Å²) in [4.78, 5) is 7.25. The predicted octanol–water partition coefficient (Wildman–Crippen LogP) is 3.77. The number of piperidine rings is 1. The molecule has 1 saturated heterocycles. The second kappa shape index (κ2) is 10.1. The van der Waals surface area contributed by atoms with E-state index < -0.39 is 0 Å². The van der Waals surface area contributed by atoms with E-state index in [0.29, 0.717) is 6.04 Å². The molecular formula is C23H35N3O2. The minimum absolute atomic E-state index is 0.591. The first-order chi connectivity index (χ1) is 13.5. The van der Waals surface area contributed by atoms with Gasteiger partial charge in [-0.15, -0.1) is 0 Å². The summed E-state index contributed by atoms with van der Waals surface area (Å²) < 4.78 is 11.2. The maximum atomic E-state index is 5.81. The molecule has 28 heavy (non-hydrogen) atoms. The van der Waals surface area contributed by atoms with Crippen molar-refractivity contribution in [2.45, 2.75) is 38.9 Å². The van der Waals surface area contributed by atoms with Crippen molar-refractivity contribution in [3.8, 4) is 0 Å². The lowest BCUT2D eigenvalue weighted by Crippen LogP contribution is -2.45. The molecule has 0 N–H and O–H groups in total. The van der Waals surface area contributed by atoms with Crippen LogP contribution in [0.4, 0.5) is 5.69 Å². The lowest BCUT2D eigenvalue weighted by molar-refractivity contribution is 0.0670. The van der Waals surface area contributed by atoms with Crippen molar-refractivity contribution in [1.29, 1.82) is 0 Å². The number of methoxy groups -OCH3 is 1. The summed E-state index contributed by atoms with van der Waals surface area (Å²) in [5.74, 6) is 2.04. The third-order valence-electron chi connectivity index (χ3n) is 5.67. The van der Waals surface area contributed by atoms with Gasteiger partial charge in [0, 0.05) is 46.0 Å². The van der Waals surface area contributed by atoms with E-state index >= 15 is 0 Å². The summed E-state index contributed by atoms with van der Waals surface area (Å²) in [5.41, 5.74) is 2.65. The Hall–Kier alpha value is -1.82. The van der Waals surface area contributed by atoms with Crippen molar-refractivity contribution >= 4 is 5.69 Å². The zero-order valence-electron chi connectivity index (χ0n) is 17.9. The van der Waals surface area contributed by atoms with Gasteiger partial charge in [0.15, 0.2) is 0 Å². The highest BCUT2D eigenvalue weighted by atomic mass is 16.5. The maximum absolute atomic E-state index is 5.81. The van der Waals surface area contributed by atoms with E-state index in [4.69, 9.17) is 9.15 Å². The van der Waals surface area contributed by atoms with E-state index in [1.165, 1.54) is 24.1 Å². The van der Waals surface area contributed by atoms with Crippen LogP contribution < -0.4 is 4.90 Å². The standard InChI is InChI=1S/C23H35N3O2/c1-19-5-10-23(28-19)18-26(15-16-27-4)22-11-13-25(14-12-22)17-20-6-8-21(9-7-20)24(2)3/h5-10,22H,11-18H2,1-4H3. The van der Waals surface area contributed by atoms with Crippen LogP contribution in [0.2, 0.25) is 0 Å². The number of hydrogen-bond donors (Lipinski definition) is 0. The van der Waals surface area contributed by atoms with Gasteiger partial charge in [-0.3, -0.25) is 9.80 Å². The van der Waals surface area contributed by atoms with Gasteiger partial charge in [-0.1, -0.05) is 12.1 Å². The van der Waals surface area contributed by atoms with E-state index in [-0.39, 0.29) is 0 Å². The van der Waals surface area contributed by atoms with Crippen molar-refractivity contribution in [2.75, 3.05) is 52.3 Å². The maximum Gasteiger partial charge on any atom is 0.118 e. The predicted molar refractivity (Wildman–Crippen MR) is 115 cm³/mol. The lowest BCUT2D eigenvalue weighted by Gasteiger charge is -2.38. The molecule has 0 unspecified atom stereocenters. The Kier molecular flexibility index (Phi) is 7.54. The minimum Gasteiger partial charge on any atom is -0.465 e. The highest BCUT2D eigenvalue weighted by Crippen LogP contribution is 2.22. The molecule has 0 saturated carbocycles. The highest BCUT2D eigenvalue weighted by molar-refractivity contribution is 5.45. The van der Waals surface area contributed by atoms with E-state index in [1.807, 2.05) is 13.0 Å². The zero-order valence-corrected chi connectivity index (χ0v) is 17.9. The fourth-order valence-corrected chi connectivity index (χ4v) is 3.97. The quantitative estimate of drug-likeness (QED) is 0.656. The Balaban J connectivity index is 1.52. The van der Waals surface area contributed by atoms with Crippen LogP contribution in [0.5, 0.6) is 0 Å². The normalized spacial score (nSPS) is 16.0. The van der Waals surface area contributed by atoms with Crippen LogP contribution in [0.3, 0.4) is 0 Å². The van der Waals surface area contributed by atoms with Gasteiger partial charge in [0.2, 0.25) is 0 Å². The van der Waals surface area contributed by atoms with E-state index in [9.17, 15) is 0 Å². The third-order valence-corrected chi connectivity index (χ3v) is 5.67. The summed E-state index contributed by atoms with van der Waals surface area (Å²) in [6.07, 6.45) is 2.39. The highest BCUT2D eigenvalue weighted by Gasteiger charge is 2.25. The Morgan fingerprint density at radius 1 is 1.07 bits per heavy atom. The average molecular weight is 386 g/mol. The Morgan fingerprint density at radius 2 is 1.79 bits per heavy atom. The van der Waals surface area contributed by atoms with E-state index in [1.54, 1.807) is 7.11 Å². The minimum atomic E-state index is 0.591. The molecule has 1 aromatic heterocycles. The third kappa shape index (κ3) is 5.84. The number of nitrogens with zero attached hydrogens (tertiary/aromatic N) is 3. The fraction of sp³-hybridized carbons (Fsp3) is 0.565. The molecule has 1 aromatic carbocycles. The Morgan fingerprint density at radius 3 is 2.36 bits per heavy atom. The Bertz CT molecular complexity index is 703. The van der Waals surface area contributed by atoms with Gasteiger partial charge in [-0.05, 0) is 62.7 Å². The number of hydrogen-bond acceptors (Lipinski definition) is 5. The van der Waals surface area contributed by atoms with Gasteiger partial charge < -0.3 is 14.1 Å². The SMILES string of the molecule is COCCN(Cc1ccc(C)o1)C1CCN(Cc2ccc(N(C)C)cc2)CC1. The second-order valence-electron chi connectivity index (χ2n) is 8.04. The van der Waals surface area contributed by atoms with Crippen molar-refractivity contribution in [2.24, 2.45) is 0 Å². The molecule has 0 amide bonds. The molecule has 2 aromatic rings. The second-order valence-corrected chi connectivity index (χ2v) is 8.04. The van der Waals surface area contributed by atoms with E-state index in [2.05, 4.69) is 59.1 Å². The summed E-state index contributed by atoms with van der Waals surface area (Å²) in [6.45, 7) is 7.91. The molecule has 0 bridgehead atoms. The number of ether oxygens (including phenoxy) is 1. The molecule has 5 nitrogen and oxygen atoms in total. The average Bonchev–Trinajstić information content (AvgIpc) is 3.11. The molecule has 154 valence electrons. The van der Waals surface area contributed by atoms with Crippen molar-refractivity contribution in [1.82, 2.24) is 9.80 Å². The number of benzene rings is 1. The van der Waals surface area contributed by atoms with Gasteiger partial charge in [0.05, 0.1) is 13.2 Å². The molecule has 1 aliphatic heterocycles. The molecule has 0 spiro atoms. The number of likely N-dealkylation sites (tertiary alicyclic amines) is 1. The first-order valence-corrected chi connectivity index (χ1v) is 10.3. The van der Waals surface area contributed by atoms with Gasteiger partial charge >= 0.3 is 0 Å². The van der Waals surface area contributed by atoms with Crippen LogP contribution in [0.1, 0.15) is 29.9 Å². The van der Waals surface area contributed by atoms with Crippen LogP contribution in [-0.4, -0.2) is 63.3 Å². The van der Waals surface area contributed by atoms with Gasteiger partial charge in [-0.25, -0.2) is 0 Å². The lowest BCUT2D eigenvalue weighted by atomic mass is 10.0. The Labute approximate surface area is 169 Å². The number of aryl methyl sites for hydroxylation is 1. The molecular weight excluding hydrogens is 350 g/mol. The summed E-state index contributed by atoms with van der Waals surface area (Å²) in [6, 6.07) is 13.7. The van der Waals surface area contributed by atoms with Crippen LogP contribution in [-0.2, 0) is 17.8 Å². The zero-order chi connectivity index (χ0) is 19.9. The topological polar surface area (TPSA) is 32.1 Å². The number of anilines is 1. The van der Waals surface area contributed by atoms with Crippen LogP contribution in [0.25, 0.3) is 0 Å². The monoisotopic (exact) mass is 385 g/mol. The molecule has 2 heterocycles. The van der Waals surface area contributed by atoms with Crippen LogP contribution in [0.15, 0.2) is 40.8 Å². The fourth-order valence-electron chi connectivity index (χ4n) is 3.97. The van der Waals surface area contributed by atoms with Crippen molar-refractivity contribution < 1.29 is 9.15 Å². The van der Waals surface area contributed by atoms with Gasteiger partial charge in [0.25, 0.3) is 0 Å².